The predicted octanol–water partition coefficient (Wildman–Crippen LogP) is 3.26. The van der Waals surface area contributed by atoms with Gasteiger partial charge in [0.15, 0.2) is 0 Å². The fourth-order valence-electron chi connectivity index (χ4n) is 0.715. The molecule has 0 bridgehead atoms. The van der Waals surface area contributed by atoms with Crippen LogP contribution in [0.3, 0.4) is 0 Å². The molecule has 0 fully saturated rings. The number of alkyl halides is 1. The predicted molar refractivity (Wildman–Crippen MR) is 52.8 cm³/mol. The van der Waals surface area contributed by atoms with E-state index in [0.717, 1.165) is 12.8 Å². The van der Waals surface area contributed by atoms with E-state index in [2.05, 4.69) is 32.7 Å². The van der Waals surface area contributed by atoms with Crippen LogP contribution in [0.2, 0.25) is 0 Å². The second-order valence-corrected chi connectivity index (χ2v) is 3.87. The first-order chi connectivity index (χ1) is 5.04. The molecule has 0 amide bonds. The van der Waals surface area contributed by atoms with Crippen LogP contribution in [0.25, 0.3) is 0 Å². The third-order valence-electron chi connectivity index (χ3n) is 1.78. The van der Waals surface area contributed by atoms with Gasteiger partial charge in [0.25, 0.3) is 0 Å². The van der Waals surface area contributed by atoms with Crippen LogP contribution in [0.1, 0.15) is 40.5 Å². The Bertz CT molecular complexity index is 126. The van der Waals surface area contributed by atoms with Gasteiger partial charge in [-0.3, -0.25) is 4.99 Å². The second kappa shape index (κ2) is 4.76. The van der Waals surface area contributed by atoms with Crippen molar-refractivity contribution >= 4 is 17.8 Å². The maximum Gasteiger partial charge on any atom is 0.0787 e. The molecular formula is C9H18ClN. The summed E-state index contributed by atoms with van der Waals surface area (Å²) >= 11 is 6.20. The lowest BCUT2D eigenvalue weighted by Gasteiger charge is -2.18. The van der Waals surface area contributed by atoms with E-state index in [4.69, 9.17) is 11.6 Å². The maximum atomic E-state index is 6.20. The van der Waals surface area contributed by atoms with Crippen LogP contribution in [0.15, 0.2) is 4.99 Å². The van der Waals surface area contributed by atoms with E-state index in [-0.39, 0.29) is 4.87 Å². The standard InChI is InChI=1S/C9H18ClN/c1-5-9(10,6-2)7-11-8(3)4/h7-8H,5-6H2,1-4H3. The number of hydrogen-bond donors (Lipinski definition) is 0. The topological polar surface area (TPSA) is 12.4 Å². The van der Waals surface area contributed by atoms with Crippen LogP contribution in [-0.4, -0.2) is 17.1 Å². The molecule has 0 saturated carbocycles. The largest absolute Gasteiger partial charge is 0.293 e. The first kappa shape index (κ1) is 11.0. The molecule has 0 aromatic carbocycles. The van der Waals surface area contributed by atoms with Gasteiger partial charge in [-0.05, 0) is 26.7 Å². The Morgan fingerprint density at radius 3 is 2.09 bits per heavy atom. The van der Waals surface area contributed by atoms with Crippen molar-refractivity contribution in [3.63, 3.8) is 0 Å². The third kappa shape index (κ3) is 4.41. The highest BCUT2D eigenvalue weighted by atomic mass is 35.5. The highest BCUT2D eigenvalue weighted by Gasteiger charge is 2.19. The van der Waals surface area contributed by atoms with Crippen molar-refractivity contribution in [1.82, 2.24) is 0 Å². The Labute approximate surface area is 74.9 Å². The molecule has 0 rings (SSSR count). The summed E-state index contributed by atoms with van der Waals surface area (Å²) in [7, 11) is 0. The quantitative estimate of drug-likeness (QED) is 0.460. The zero-order valence-corrected chi connectivity index (χ0v) is 8.65. The maximum absolute atomic E-state index is 6.20. The minimum atomic E-state index is -0.204. The van der Waals surface area contributed by atoms with Gasteiger partial charge in [-0.1, -0.05) is 13.8 Å². The highest BCUT2D eigenvalue weighted by molar-refractivity contribution is 6.32. The fourth-order valence-corrected chi connectivity index (χ4v) is 0.772. The molecule has 0 radical (unpaired) electrons. The van der Waals surface area contributed by atoms with E-state index in [1.54, 1.807) is 0 Å². The average molecular weight is 176 g/mol. The average Bonchev–Trinajstić information content (AvgIpc) is 2.00. The van der Waals surface area contributed by atoms with Crippen molar-refractivity contribution < 1.29 is 0 Å². The van der Waals surface area contributed by atoms with Gasteiger partial charge in [-0.25, -0.2) is 0 Å². The molecule has 0 atom stereocenters. The van der Waals surface area contributed by atoms with Crippen LogP contribution in [-0.2, 0) is 0 Å². The van der Waals surface area contributed by atoms with Gasteiger partial charge in [0.1, 0.15) is 0 Å². The molecule has 0 aliphatic heterocycles. The minimum Gasteiger partial charge on any atom is -0.293 e. The molecule has 0 aliphatic carbocycles. The van der Waals surface area contributed by atoms with Crippen LogP contribution in [0.5, 0.6) is 0 Å². The molecule has 2 heteroatoms. The van der Waals surface area contributed by atoms with Gasteiger partial charge in [-0.2, -0.15) is 0 Å². The molecule has 0 unspecified atom stereocenters. The SMILES string of the molecule is CCC(Cl)(C=NC(C)C)CC. The summed E-state index contributed by atoms with van der Waals surface area (Å²) < 4.78 is 0. The monoisotopic (exact) mass is 175 g/mol. The van der Waals surface area contributed by atoms with Gasteiger partial charge >= 0.3 is 0 Å². The van der Waals surface area contributed by atoms with Crippen LogP contribution in [0.4, 0.5) is 0 Å². The van der Waals surface area contributed by atoms with E-state index in [9.17, 15) is 0 Å². The van der Waals surface area contributed by atoms with Gasteiger partial charge < -0.3 is 0 Å². The van der Waals surface area contributed by atoms with E-state index in [1.165, 1.54) is 0 Å². The minimum absolute atomic E-state index is 0.204. The molecule has 0 N–H and O–H groups in total. The van der Waals surface area contributed by atoms with E-state index < -0.39 is 0 Å². The zero-order valence-electron chi connectivity index (χ0n) is 7.89. The normalized spacial score (nSPS) is 13.3. The van der Waals surface area contributed by atoms with Crippen molar-refractivity contribution in [3.05, 3.63) is 0 Å². The Morgan fingerprint density at radius 2 is 1.82 bits per heavy atom. The van der Waals surface area contributed by atoms with Crippen molar-refractivity contribution in [2.24, 2.45) is 4.99 Å². The fraction of sp³-hybridized carbons (Fsp3) is 0.889. The first-order valence-corrected chi connectivity index (χ1v) is 4.65. The Morgan fingerprint density at radius 1 is 1.36 bits per heavy atom. The third-order valence-corrected chi connectivity index (χ3v) is 2.41. The molecular weight excluding hydrogens is 158 g/mol. The van der Waals surface area contributed by atoms with Crippen molar-refractivity contribution in [2.75, 3.05) is 0 Å². The summed E-state index contributed by atoms with van der Waals surface area (Å²) in [5, 5.41) is 0. The summed E-state index contributed by atoms with van der Waals surface area (Å²) in [6, 6.07) is 0.353. The molecule has 0 aliphatic rings. The lowest BCUT2D eigenvalue weighted by Crippen LogP contribution is -2.21. The number of halogens is 1. The number of aliphatic imine (C=N–C) groups is 1. The molecule has 66 valence electrons. The Kier molecular flexibility index (Phi) is 4.74. The first-order valence-electron chi connectivity index (χ1n) is 4.27. The number of nitrogens with zero attached hydrogens (tertiary/aromatic N) is 1. The summed E-state index contributed by atoms with van der Waals surface area (Å²) in [5.74, 6) is 0. The lowest BCUT2D eigenvalue weighted by molar-refractivity contribution is 0.685. The molecule has 0 aromatic rings. The van der Waals surface area contributed by atoms with Gasteiger partial charge in [0.05, 0.1) is 4.87 Å². The molecule has 0 heterocycles. The number of rotatable bonds is 4. The van der Waals surface area contributed by atoms with Crippen LogP contribution < -0.4 is 0 Å². The lowest BCUT2D eigenvalue weighted by atomic mass is 10.0. The van der Waals surface area contributed by atoms with Crippen molar-refractivity contribution in [2.45, 2.75) is 51.5 Å². The van der Waals surface area contributed by atoms with Crippen LogP contribution in [0, 0.1) is 0 Å². The molecule has 0 spiro atoms. The van der Waals surface area contributed by atoms with E-state index in [0.29, 0.717) is 6.04 Å². The van der Waals surface area contributed by atoms with Crippen molar-refractivity contribution in [3.8, 4) is 0 Å². The summed E-state index contributed by atoms with van der Waals surface area (Å²) in [4.78, 5) is 4.08. The van der Waals surface area contributed by atoms with E-state index >= 15 is 0 Å². The number of hydrogen-bond acceptors (Lipinski definition) is 1. The molecule has 1 nitrogen and oxygen atoms in total. The summed E-state index contributed by atoms with van der Waals surface area (Å²) in [6.07, 6.45) is 3.78. The Balaban J connectivity index is 4.06. The smallest absolute Gasteiger partial charge is 0.0787 e. The van der Waals surface area contributed by atoms with Crippen molar-refractivity contribution in [1.29, 1.82) is 0 Å². The van der Waals surface area contributed by atoms with Gasteiger partial charge in [-0.15, -0.1) is 11.6 Å². The van der Waals surface area contributed by atoms with Gasteiger partial charge in [0, 0.05) is 12.3 Å². The summed E-state index contributed by atoms with van der Waals surface area (Å²) in [6.45, 7) is 8.28. The second-order valence-electron chi connectivity index (χ2n) is 3.11. The van der Waals surface area contributed by atoms with E-state index in [1.807, 2.05) is 6.21 Å². The van der Waals surface area contributed by atoms with Crippen LogP contribution >= 0.6 is 11.6 Å². The molecule has 11 heavy (non-hydrogen) atoms. The van der Waals surface area contributed by atoms with Gasteiger partial charge in [0.2, 0.25) is 0 Å². The molecule has 0 saturated heterocycles. The molecule has 0 aromatic heterocycles. The Hall–Kier alpha value is -0.0400. The highest BCUT2D eigenvalue weighted by Crippen LogP contribution is 2.21. The summed E-state index contributed by atoms with van der Waals surface area (Å²) in [5.41, 5.74) is 0. The zero-order chi connectivity index (χ0) is 8.91.